The summed E-state index contributed by atoms with van der Waals surface area (Å²) in [5, 5.41) is 0. The summed E-state index contributed by atoms with van der Waals surface area (Å²) >= 11 is 6.16. The van der Waals surface area contributed by atoms with Crippen LogP contribution in [0.25, 0.3) is 11.1 Å². The Kier molecular flexibility index (Phi) is 4.26. The number of carbonyl (C=O) groups excluding carboxylic acids is 1. The number of nitrogens with zero attached hydrogens (tertiary/aromatic N) is 4. The minimum atomic E-state index is -0.591. The molecule has 0 unspecified atom stereocenters. The quantitative estimate of drug-likeness (QED) is 0.340. The Bertz CT molecular complexity index is 715. The number of hydrogen-bond acceptors (Lipinski definition) is 3. The van der Waals surface area contributed by atoms with E-state index in [9.17, 15) is 4.79 Å². The van der Waals surface area contributed by atoms with E-state index in [1.54, 1.807) is 0 Å². The second-order valence-electron chi connectivity index (χ2n) is 3.49. The van der Waals surface area contributed by atoms with Crippen LogP contribution in [0.5, 0.6) is 0 Å². The molecule has 2 aromatic rings. The van der Waals surface area contributed by atoms with Crippen LogP contribution in [0.2, 0.25) is 0 Å². The van der Waals surface area contributed by atoms with Gasteiger partial charge in [-0.05, 0) is 31.9 Å². The average molecular weight is 400 g/mol. The lowest BCUT2D eigenvalue weighted by atomic mass is 10.1. The normalized spacial score (nSPS) is 9.70. The topological polar surface area (TPSA) is 116 Å². The molecular weight excluding hydrogens is 396 g/mol. The molecule has 0 fully saturated rings. The molecule has 2 heterocycles. The molecule has 0 aliphatic rings. The average Bonchev–Trinajstić information content (AvgIpc) is 2.93. The second-order valence-corrected chi connectivity index (χ2v) is 5.05. The maximum absolute atomic E-state index is 12.3. The highest BCUT2D eigenvalue weighted by Crippen LogP contribution is 2.26. The van der Waals surface area contributed by atoms with Crippen LogP contribution in [0, 0.1) is 0 Å². The van der Waals surface area contributed by atoms with Gasteiger partial charge in [-0.3, -0.25) is 4.79 Å². The molecule has 0 atom stereocenters. The minimum absolute atomic E-state index is 0.0795. The summed E-state index contributed by atoms with van der Waals surface area (Å²) < 4.78 is 11.0. The highest BCUT2D eigenvalue weighted by molar-refractivity contribution is 9.10. The predicted octanol–water partition coefficient (Wildman–Crippen LogP) is 2.93. The molecule has 20 heavy (non-hydrogen) atoms. The number of rotatable bonds is 4. The van der Waals surface area contributed by atoms with Crippen molar-refractivity contribution in [2.24, 2.45) is 0 Å². The molecule has 0 bridgehead atoms. The number of hydrogen-bond donors (Lipinski definition) is 0. The van der Waals surface area contributed by atoms with Crippen molar-refractivity contribution in [3.05, 3.63) is 55.2 Å². The maximum Gasteiger partial charge on any atom is 0.291 e. The maximum atomic E-state index is 12.3. The first-order valence-electron chi connectivity index (χ1n) is 5.05. The zero-order valence-electron chi connectivity index (χ0n) is 9.58. The van der Waals surface area contributed by atoms with E-state index in [1.165, 1.54) is 12.1 Å². The fourth-order valence-electron chi connectivity index (χ4n) is 1.52. The highest BCUT2D eigenvalue weighted by Gasteiger charge is 2.27. The molecule has 0 saturated heterocycles. The summed E-state index contributed by atoms with van der Waals surface area (Å²) in [5.41, 5.74) is 17.7. The third-order valence-corrected chi connectivity index (χ3v) is 3.05. The van der Waals surface area contributed by atoms with Crippen molar-refractivity contribution in [1.82, 2.24) is 0 Å². The number of carbonyl (C=O) groups is 1. The standard InChI is InChI=1S/C11H4Br2N4O3/c12-7-1-5(3-16-14)10(19-7)9(18)11-6(4-17-15)2-8(13)20-11/h1-4H. The highest BCUT2D eigenvalue weighted by atomic mass is 79.9. The lowest BCUT2D eigenvalue weighted by Gasteiger charge is -1.94. The van der Waals surface area contributed by atoms with E-state index in [2.05, 4.69) is 41.4 Å². The Morgan fingerprint density at radius 1 is 1.00 bits per heavy atom. The fourth-order valence-corrected chi connectivity index (χ4v) is 2.34. The molecule has 2 rings (SSSR count). The van der Waals surface area contributed by atoms with Gasteiger partial charge < -0.3 is 19.9 Å². The lowest BCUT2D eigenvalue weighted by Crippen LogP contribution is -2.04. The van der Waals surface area contributed by atoms with Gasteiger partial charge in [0.25, 0.3) is 18.2 Å². The molecule has 0 aromatic carbocycles. The minimum Gasteiger partial charge on any atom is -0.445 e. The summed E-state index contributed by atoms with van der Waals surface area (Å²) in [5.74, 6) is -0.751. The summed E-state index contributed by atoms with van der Waals surface area (Å²) in [4.78, 5) is 18.1. The van der Waals surface area contributed by atoms with Crippen LogP contribution in [-0.4, -0.2) is 27.8 Å². The Morgan fingerprint density at radius 3 is 1.75 bits per heavy atom. The third kappa shape index (κ3) is 2.76. The van der Waals surface area contributed by atoms with Gasteiger partial charge >= 0.3 is 0 Å². The Hall–Kier alpha value is -2.05. The van der Waals surface area contributed by atoms with Crippen LogP contribution in [0.4, 0.5) is 0 Å². The Labute approximate surface area is 128 Å². The van der Waals surface area contributed by atoms with Gasteiger partial charge in [-0.25, -0.2) is 0 Å². The van der Waals surface area contributed by atoms with E-state index in [0.29, 0.717) is 9.34 Å². The van der Waals surface area contributed by atoms with Gasteiger partial charge in [-0.2, -0.15) is 9.58 Å². The van der Waals surface area contributed by atoms with Crippen molar-refractivity contribution < 1.29 is 23.2 Å². The lowest BCUT2D eigenvalue weighted by molar-refractivity contribution is 0.00414. The molecule has 0 aliphatic carbocycles. The zero-order valence-corrected chi connectivity index (χ0v) is 12.8. The van der Waals surface area contributed by atoms with Gasteiger partial charge in [0.1, 0.15) is 11.1 Å². The molecule has 7 nitrogen and oxygen atoms in total. The van der Waals surface area contributed by atoms with E-state index >= 15 is 0 Å². The first kappa shape index (κ1) is 14.4. The van der Waals surface area contributed by atoms with Crippen LogP contribution in [0.3, 0.4) is 0 Å². The van der Waals surface area contributed by atoms with Crippen LogP contribution in [-0.2, 0) is 0 Å². The molecule has 2 aromatic heterocycles. The molecule has 0 spiro atoms. The Balaban J connectivity index is 2.57. The molecular formula is C11H4Br2N4O3. The summed E-state index contributed by atoms with van der Waals surface area (Å²) in [6, 6.07) is 2.93. The van der Waals surface area contributed by atoms with Crippen molar-refractivity contribution in [2.75, 3.05) is 0 Å². The van der Waals surface area contributed by atoms with Crippen molar-refractivity contribution in [1.29, 1.82) is 0 Å². The summed E-state index contributed by atoms with van der Waals surface area (Å²) in [7, 11) is 0. The molecule has 0 N–H and O–H groups in total. The third-order valence-electron chi connectivity index (χ3n) is 2.27. The van der Waals surface area contributed by atoms with Crippen molar-refractivity contribution in [2.45, 2.75) is 0 Å². The largest absolute Gasteiger partial charge is 0.445 e. The van der Waals surface area contributed by atoms with Gasteiger partial charge in [-0.15, -0.1) is 0 Å². The van der Waals surface area contributed by atoms with Crippen molar-refractivity contribution in [3.63, 3.8) is 0 Å². The monoisotopic (exact) mass is 398 g/mol. The first-order chi connectivity index (χ1) is 9.56. The van der Waals surface area contributed by atoms with E-state index in [1.807, 2.05) is 0 Å². The SMILES string of the molecule is [N-]=[N+]=Cc1cc(Br)oc1C(=O)c1oc(Br)cc1C=[N+]=[N-]. The molecule has 0 saturated carbocycles. The van der Waals surface area contributed by atoms with E-state index in [0.717, 1.165) is 12.4 Å². The van der Waals surface area contributed by atoms with E-state index in [-0.39, 0.29) is 22.6 Å². The van der Waals surface area contributed by atoms with Crippen molar-refractivity contribution >= 4 is 50.1 Å². The van der Waals surface area contributed by atoms with E-state index < -0.39 is 5.78 Å². The van der Waals surface area contributed by atoms with E-state index in [4.69, 9.17) is 19.9 Å². The molecule has 0 amide bonds. The Morgan fingerprint density at radius 2 is 1.40 bits per heavy atom. The summed E-state index contributed by atoms with van der Waals surface area (Å²) in [6.07, 6.45) is 2.11. The van der Waals surface area contributed by atoms with Crippen molar-refractivity contribution in [3.8, 4) is 0 Å². The van der Waals surface area contributed by atoms with Gasteiger partial charge in [0.15, 0.2) is 20.9 Å². The molecule has 9 heteroatoms. The molecule has 0 radical (unpaired) electrons. The van der Waals surface area contributed by atoms with Gasteiger partial charge in [0.2, 0.25) is 0 Å². The van der Waals surface area contributed by atoms with Gasteiger partial charge in [-0.1, -0.05) is 0 Å². The van der Waals surface area contributed by atoms with Gasteiger partial charge in [0.05, 0.1) is 0 Å². The van der Waals surface area contributed by atoms with Crippen LogP contribution in [0.15, 0.2) is 30.3 Å². The van der Waals surface area contributed by atoms with Gasteiger partial charge in [0, 0.05) is 12.1 Å². The molecule has 100 valence electrons. The smallest absolute Gasteiger partial charge is 0.291 e. The van der Waals surface area contributed by atoms with Crippen LogP contribution in [0.1, 0.15) is 27.4 Å². The molecule has 0 aliphatic heterocycles. The zero-order chi connectivity index (χ0) is 14.7. The van der Waals surface area contributed by atoms with Crippen LogP contribution < -0.4 is 0 Å². The van der Waals surface area contributed by atoms with Crippen LogP contribution >= 0.6 is 31.9 Å². The fraction of sp³-hybridized carbons (Fsp3) is 0. The number of ketones is 1. The first-order valence-corrected chi connectivity index (χ1v) is 6.63. The second kappa shape index (κ2) is 5.94. The number of halogens is 2. The predicted molar refractivity (Wildman–Crippen MR) is 73.8 cm³/mol. The number of furan rings is 2. The summed E-state index contributed by atoms with van der Waals surface area (Å²) in [6.45, 7) is 0.